The van der Waals surface area contributed by atoms with Crippen molar-refractivity contribution < 1.29 is 14.3 Å². The van der Waals surface area contributed by atoms with Gasteiger partial charge in [0.25, 0.3) is 0 Å². The first kappa shape index (κ1) is 11.2. The topological polar surface area (TPSA) is 35.5 Å². The molecule has 0 saturated carbocycles. The third kappa shape index (κ3) is 2.84. The molecule has 0 N–H and O–H groups in total. The largest absolute Gasteiger partial charge is 0.466 e. The lowest BCUT2D eigenvalue weighted by molar-refractivity contribution is -0.149. The lowest BCUT2D eigenvalue weighted by atomic mass is 9.89. The highest BCUT2D eigenvalue weighted by atomic mass is 16.5. The third-order valence-electron chi connectivity index (χ3n) is 2.54. The molecule has 3 nitrogen and oxygen atoms in total. The van der Waals surface area contributed by atoms with Crippen LogP contribution in [0.15, 0.2) is 12.7 Å². The maximum Gasteiger partial charge on any atom is 0.309 e. The van der Waals surface area contributed by atoms with E-state index in [1.165, 1.54) is 0 Å². The van der Waals surface area contributed by atoms with Crippen molar-refractivity contribution in [3.8, 4) is 0 Å². The van der Waals surface area contributed by atoms with E-state index in [2.05, 4.69) is 6.58 Å². The molecule has 80 valence electrons. The molecule has 14 heavy (non-hydrogen) atoms. The summed E-state index contributed by atoms with van der Waals surface area (Å²) in [6, 6.07) is 0. The van der Waals surface area contributed by atoms with Crippen LogP contribution in [0.1, 0.15) is 19.8 Å². The van der Waals surface area contributed by atoms with E-state index in [1.54, 1.807) is 6.08 Å². The molecule has 0 amide bonds. The van der Waals surface area contributed by atoms with Gasteiger partial charge in [0.15, 0.2) is 0 Å². The molecule has 0 aliphatic carbocycles. The summed E-state index contributed by atoms with van der Waals surface area (Å²) in [4.78, 5) is 11.6. The minimum atomic E-state index is -0.108. The number of hydrogen-bond donors (Lipinski definition) is 0. The minimum absolute atomic E-state index is 0.0602. The van der Waals surface area contributed by atoms with Crippen molar-refractivity contribution in [1.29, 1.82) is 0 Å². The van der Waals surface area contributed by atoms with Crippen LogP contribution in [0, 0.1) is 11.8 Å². The van der Waals surface area contributed by atoms with Crippen LogP contribution < -0.4 is 0 Å². The first-order valence-electron chi connectivity index (χ1n) is 5.14. The lowest BCUT2D eigenvalue weighted by Crippen LogP contribution is -2.25. The number of carbonyl (C=O) groups excluding carboxylic acids is 1. The number of hydrogen-bond acceptors (Lipinski definition) is 3. The zero-order chi connectivity index (χ0) is 10.4. The average Bonchev–Trinajstić information content (AvgIpc) is 2.67. The second kappa shape index (κ2) is 5.81. The third-order valence-corrected chi connectivity index (χ3v) is 2.54. The van der Waals surface area contributed by atoms with Crippen molar-refractivity contribution in [2.75, 3.05) is 19.8 Å². The summed E-state index contributed by atoms with van der Waals surface area (Å²) in [6.07, 6.45) is 3.42. The molecule has 0 radical (unpaired) electrons. The Morgan fingerprint density at radius 3 is 3.07 bits per heavy atom. The number of ether oxygens (including phenoxy) is 2. The van der Waals surface area contributed by atoms with Crippen molar-refractivity contribution in [3.63, 3.8) is 0 Å². The molecular formula is C11H18O3. The van der Waals surface area contributed by atoms with Gasteiger partial charge in [0, 0.05) is 6.61 Å². The molecule has 1 fully saturated rings. The second-order valence-corrected chi connectivity index (χ2v) is 3.51. The van der Waals surface area contributed by atoms with Gasteiger partial charge in [-0.3, -0.25) is 4.79 Å². The number of carbonyl (C=O) groups is 1. The number of esters is 1. The predicted molar refractivity (Wildman–Crippen MR) is 53.9 cm³/mol. The van der Waals surface area contributed by atoms with Gasteiger partial charge in [-0.05, 0) is 25.7 Å². The molecule has 1 aliphatic rings. The quantitative estimate of drug-likeness (QED) is 0.499. The summed E-state index contributed by atoms with van der Waals surface area (Å²) in [5.74, 6) is 0.143. The monoisotopic (exact) mass is 198 g/mol. The van der Waals surface area contributed by atoms with Gasteiger partial charge in [0.1, 0.15) is 0 Å². The predicted octanol–water partition coefficient (Wildman–Crippen LogP) is 1.78. The molecule has 0 aromatic rings. The average molecular weight is 198 g/mol. The Bertz CT molecular complexity index is 195. The fourth-order valence-corrected chi connectivity index (χ4v) is 1.78. The Balaban J connectivity index is 2.52. The van der Waals surface area contributed by atoms with Crippen molar-refractivity contribution >= 4 is 5.97 Å². The van der Waals surface area contributed by atoms with Crippen LogP contribution in [0.25, 0.3) is 0 Å². The van der Waals surface area contributed by atoms with Crippen LogP contribution in [0.4, 0.5) is 0 Å². The molecule has 1 aliphatic heterocycles. The first-order valence-corrected chi connectivity index (χ1v) is 5.14. The smallest absolute Gasteiger partial charge is 0.309 e. The SMILES string of the molecule is C=CCC(C(=O)OCC)C1CCOC1. The molecule has 1 rings (SSSR count). The lowest BCUT2D eigenvalue weighted by Gasteiger charge is -2.18. The van der Waals surface area contributed by atoms with Crippen molar-refractivity contribution in [2.45, 2.75) is 19.8 Å². The highest BCUT2D eigenvalue weighted by Crippen LogP contribution is 2.26. The second-order valence-electron chi connectivity index (χ2n) is 3.51. The zero-order valence-corrected chi connectivity index (χ0v) is 8.70. The van der Waals surface area contributed by atoms with E-state index < -0.39 is 0 Å². The van der Waals surface area contributed by atoms with E-state index in [9.17, 15) is 4.79 Å². The number of allylic oxidation sites excluding steroid dienone is 1. The molecule has 0 spiro atoms. The van der Waals surface area contributed by atoms with Crippen LogP contribution in [-0.4, -0.2) is 25.8 Å². The van der Waals surface area contributed by atoms with E-state index in [4.69, 9.17) is 9.47 Å². The summed E-state index contributed by atoms with van der Waals surface area (Å²) in [5, 5.41) is 0. The maximum absolute atomic E-state index is 11.6. The van der Waals surface area contributed by atoms with Gasteiger partial charge in [0.2, 0.25) is 0 Å². The van der Waals surface area contributed by atoms with Crippen molar-refractivity contribution in [3.05, 3.63) is 12.7 Å². The molecule has 2 unspecified atom stereocenters. The van der Waals surface area contributed by atoms with E-state index in [0.29, 0.717) is 25.6 Å². The van der Waals surface area contributed by atoms with Crippen molar-refractivity contribution in [2.24, 2.45) is 11.8 Å². The Labute approximate surface area is 85.1 Å². The summed E-state index contributed by atoms with van der Waals surface area (Å²) in [7, 11) is 0. The minimum Gasteiger partial charge on any atom is -0.466 e. The maximum atomic E-state index is 11.6. The Kier molecular flexibility index (Phi) is 4.66. The van der Waals surface area contributed by atoms with E-state index in [1.807, 2.05) is 6.92 Å². The highest BCUT2D eigenvalue weighted by molar-refractivity contribution is 5.73. The molecular weight excluding hydrogens is 180 g/mol. The van der Waals surface area contributed by atoms with E-state index in [-0.39, 0.29) is 11.9 Å². The van der Waals surface area contributed by atoms with Crippen molar-refractivity contribution in [1.82, 2.24) is 0 Å². The Morgan fingerprint density at radius 1 is 1.79 bits per heavy atom. The van der Waals surface area contributed by atoms with Gasteiger partial charge >= 0.3 is 5.97 Å². The summed E-state index contributed by atoms with van der Waals surface area (Å²) in [6.45, 7) is 7.38. The fourth-order valence-electron chi connectivity index (χ4n) is 1.78. The van der Waals surface area contributed by atoms with Gasteiger partial charge in [-0.2, -0.15) is 0 Å². The Hall–Kier alpha value is -0.830. The van der Waals surface area contributed by atoms with Gasteiger partial charge in [-0.15, -0.1) is 6.58 Å². The van der Waals surface area contributed by atoms with Crippen LogP contribution in [0.2, 0.25) is 0 Å². The molecule has 3 heteroatoms. The molecule has 0 aromatic heterocycles. The van der Waals surface area contributed by atoms with Crippen LogP contribution in [-0.2, 0) is 14.3 Å². The van der Waals surface area contributed by atoms with Gasteiger partial charge in [0.05, 0.1) is 19.1 Å². The number of rotatable bonds is 5. The van der Waals surface area contributed by atoms with E-state index in [0.717, 1.165) is 13.0 Å². The molecule has 2 atom stereocenters. The first-order chi connectivity index (χ1) is 6.79. The van der Waals surface area contributed by atoms with Gasteiger partial charge in [-0.1, -0.05) is 6.08 Å². The van der Waals surface area contributed by atoms with E-state index >= 15 is 0 Å². The van der Waals surface area contributed by atoms with Crippen LogP contribution in [0.5, 0.6) is 0 Å². The zero-order valence-electron chi connectivity index (χ0n) is 8.70. The fraction of sp³-hybridized carbons (Fsp3) is 0.727. The van der Waals surface area contributed by atoms with Crippen LogP contribution >= 0.6 is 0 Å². The molecule has 1 saturated heterocycles. The molecule has 0 bridgehead atoms. The summed E-state index contributed by atoms with van der Waals surface area (Å²) in [5.41, 5.74) is 0. The Morgan fingerprint density at radius 2 is 2.57 bits per heavy atom. The van der Waals surface area contributed by atoms with Gasteiger partial charge in [-0.25, -0.2) is 0 Å². The van der Waals surface area contributed by atoms with Gasteiger partial charge < -0.3 is 9.47 Å². The normalized spacial score (nSPS) is 23.1. The summed E-state index contributed by atoms with van der Waals surface area (Å²) < 4.78 is 10.3. The van der Waals surface area contributed by atoms with Crippen LogP contribution in [0.3, 0.4) is 0 Å². The molecule has 1 heterocycles. The highest BCUT2D eigenvalue weighted by Gasteiger charge is 2.31. The molecule has 0 aromatic carbocycles. The standard InChI is InChI=1S/C11H18O3/c1-3-5-10(11(12)14-4-2)9-6-7-13-8-9/h3,9-10H,1,4-8H2,2H3. The summed E-state index contributed by atoms with van der Waals surface area (Å²) >= 11 is 0.